The maximum Gasteiger partial charge on any atom is 0.472 e. The van der Waals surface area contributed by atoms with Gasteiger partial charge in [-0.15, -0.1) is 11.8 Å². The quantitative estimate of drug-likeness (QED) is 0.0250. The number of phenols is 1. The van der Waals surface area contributed by atoms with Crippen LogP contribution in [0.25, 0.3) is 21.8 Å². The predicted octanol–water partition coefficient (Wildman–Crippen LogP) is -0.249. The zero-order valence-electron chi connectivity index (χ0n) is 76.5. The Labute approximate surface area is 780 Å². The number of hydrogen-bond donors (Lipinski definition) is 16. The molecule has 3 saturated heterocycles. The number of benzene rings is 3. The van der Waals surface area contributed by atoms with Crippen LogP contribution in [0.2, 0.25) is 0 Å². The zero-order valence-corrected chi connectivity index (χ0v) is 77.3. The van der Waals surface area contributed by atoms with Gasteiger partial charge in [0, 0.05) is 112 Å². The molecule has 0 unspecified atom stereocenters. The number of aromatic nitrogens is 4. The molecule has 3 aliphatic heterocycles. The lowest BCUT2D eigenvalue weighted by atomic mass is 10.00. The molecule has 0 saturated carbocycles. The third kappa shape index (κ3) is 28.5. The SMILES string of the molecule is CCCC[C@@H](C(=O)N(C)[C@@H](CCCC)C(=O)N[C@@H]1C(=O)N[C@H]2CSCC(=O)N[C@@H](Cc3ccc(O)cc3)C(=O)N(C)[C@@H](C)C(=O)N[C@@H](CC(N)=O)C(=O)N3CCC[C@H]3C(=O)N[C@@H](Cc3cn(C(=O)C(F)(F)F)cn3)C(=O)N[C@@H](CC(C)C)C(=O)N[C@H](C)CCCNC(=O)CN1C2=O)N(C)C(=O)[C@H](Cc1c[nH]c2ccccc12)NC(=O)[C@H](CO)NC(=O)[C@H](Cc1c[nH]c2ccccc12)NC=O. The van der Waals surface area contributed by atoms with E-state index in [-0.39, 0.29) is 106 Å². The molecule has 17 N–H and O–H groups in total. The number of thioether (sulfide) groups is 1. The van der Waals surface area contributed by atoms with Gasteiger partial charge in [0.25, 0.3) is 5.91 Å². The molecule has 0 aliphatic carbocycles. The van der Waals surface area contributed by atoms with Crippen LogP contribution in [-0.4, -0.2) is 311 Å². The Bertz CT molecular complexity index is 5280. The van der Waals surface area contributed by atoms with Crippen LogP contribution in [0.5, 0.6) is 5.75 Å². The summed E-state index contributed by atoms with van der Waals surface area (Å²) in [5.41, 5.74) is 8.32. The first-order valence-corrected chi connectivity index (χ1v) is 45.9. The molecular formula is C90H120F3N21O20S. The smallest absolute Gasteiger partial charge is 0.472 e. The van der Waals surface area contributed by atoms with Crippen molar-refractivity contribution in [1.82, 2.24) is 103 Å². The standard InChI is InChI=1S/C90H120F3N21O20S/c1-10-12-25-69(110(8)88(133)71(26-13-11-2)111(9)85(130)65(37-54-41-97-60-24-17-15-22-58(54)60)105-80(125)67(44-115)106-77(122)61(99-48-116)36-53-40-96-59-23-16-14-21-57(53)59)81(126)108-75-83(128)107-68-45-135-46-74(120)101-64(35-52-28-30-56(117)31-29-52)84(129)109(7)51(6)76(121)104-66(39-72(94)118)86(131)113-33-19-27-70(113)82(127)103-63(38-55-42-112(47-98-55)89(134)90(91,92)93)79(124)102-62(34-49(3)4)78(123)100-50(5)20-18-32-95-73(119)43-114(75)87(68)132/h14-17,21-24,28-31,40-42,47-51,61-71,75,96-97,115,117H,10-13,18-20,25-27,32-39,43-46H2,1-9H3,(H2,94,118)(H,95,119)(H,99,116)(H,100,123)(H,101,120)(H,102,124)(H,103,127)(H,104,121)(H,105,125)(H,106,122)(H,107,128)(H,108,126)/t50-,51+,61+,62+,63+,64+,65+,66+,67+,68+,69+,70+,71+,75+/m1/s1. The number of halogens is 3. The number of aromatic hydroxyl groups is 1. The Hall–Kier alpha value is -13.5. The summed E-state index contributed by atoms with van der Waals surface area (Å²) < 4.78 is 41.1. The monoisotopic (exact) mass is 1900 g/mol. The number of alkyl halides is 3. The van der Waals surface area contributed by atoms with Gasteiger partial charge in [-0.1, -0.05) is 102 Å². The summed E-state index contributed by atoms with van der Waals surface area (Å²) in [6.45, 7) is 7.70. The van der Waals surface area contributed by atoms with Crippen molar-refractivity contribution in [2.75, 3.05) is 58.9 Å². The lowest BCUT2D eigenvalue weighted by Crippen LogP contribution is -2.71. The molecule has 2 bridgehead atoms. The molecule has 9 rings (SSSR count). The highest BCUT2D eigenvalue weighted by Gasteiger charge is 2.47. The minimum atomic E-state index is -5.37. The lowest BCUT2D eigenvalue weighted by Gasteiger charge is -2.40. The van der Waals surface area contributed by atoms with Gasteiger partial charge < -0.3 is 109 Å². The van der Waals surface area contributed by atoms with E-state index in [0.717, 1.165) is 47.2 Å². The summed E-state index contributed by atoms with van der Waals surface area (Å²) in [6.07, 6.45) is -2.96. The van der Waals surface area contributed by atoms with Crippen molar-refractivity contribution >= 4 is 140 Å². The Morgan fingerprint density at radius 3 is 1.86 bits per heavy atom. The number of nitrogens with two attached hydrogens (primary N) is 1. The van der Waals surface area contributed by atoms with Gasteiger partial charge in [0.2, 0.25) is 95.0 Å². The molecule has 45 heteroatoms. The van der Waals surface area contributed by atoms with Gasteiger partial charge >= 0.3 is 12.1 Å². The van der Waals surface area contributed by atoms with E-state index in [1.54, 1.807) is 70.4 Å². The number of carbonyl (C=O) groups is 18. The number of aliphatic hydroxyl groups excluding tert-OH is 1. The number of rotatable bonds is 31. The van der Waals surface area contributed by atoms with Crippen LogP contribution >= 0.6 is 11.8 Å². The number of imidazole rings is 1. The molecular weight excluding hydrogens is 1780 g/mol. The number of H-pyrrole nitrogens is 2. The molecule has 3 aromatic carbocycles. The number of amides is 17. The summed E-state index contributed by atoms with van der Waals surface area (Å²) in [7, 11) is 3.84. The van der Waals surface area contributed by atoms with Crippen LogP contribution in [0.15, 0.2) is 97.7 Å². The number of nitrogens with one attached hydrogen (secondary N) is 13. The summed E-state index contributed by atoms with van der Waals surface area (Å²) >= 11 is 0.790. The number of aromatic amines is 2. The molecule has 17 amide bonds. The first-order valence-electron chi connectivity index (χ1n) is 44.7. The summed E-state index contributed by atoms with van der Waals surface area (Å²) in [5, 5.41) is 51.0. The number of piperazine rings is 1. The number of unbranched alkanes of at least 4 members (excludes halogenated alkanes) is 2. The van der Waals surface area contributed by atoms with E-state index >= 15 is 19.2 Å². The first kappa shape index (κ1) is 105. The third-order valence-electron chi connectivity index (χ3n) is 23.9. The molecule has 135 heavy (non-hydrogen) atoms. The Kier molecular flexibility index (Phi) is 38.2. The Morgan fingerprint density at radius 2 is 1.24 bits per heavy atom. The fourth-order valence-corrected chi connectivity index (χ4v) is 17.2. The third-order valence-corrected chi connectivity index (χ3v) is 24.9. The van der Waals surface area contributed by atoms with E-state index < -0.39 is 229 Å². The van der Waals surface area contributed by atoms with Crippen LogP contribution in [0.4, 0.5) is 13.2 Å². The number of fused-ring (bicyclic) bond motifs is 5. The second-order valence-electron chi connectivity index (χ2n) is 34.4. The molecule has 14 atom stereocenters. The summed E-state index contributed by atoms with van der Waals surface area (Å²) in [5.74, 6) is -18.9. The number of carbonyl (C=O) groups excluding carboxylic acids is 18. The van der Waals surface area contributed by atoms with Gasteiger partial charge in [0.1, 0.15) is 91.1 Å². The van der Waals surface area contributed by atoms with Crippen molar-refractivity contribution in [3.63, 3.8) is 0 Å². The van der Waals surface area contributed by atoms with Crippen molar-refractivity contribution in [2.45, 2.75) is 235 Å². The Balaban J connectivity index is 0.986. The molecule has 3 aromatic heterocycles. The van der Waals surface area contributed by atoms with Crippen LogP contribution in [0.1, 0.15) is 146 Å². The van der Waals surface area contributed by atoms with Crippen molar-refractivity contribution in [3.05, 3.63) is 120 Å². The lowest BCUT2D eigenvalue weighted by molar-refractivity contribution is -0.155. The summed E-state index contributed by atoms with van der Waals surface area (Å²) in [6, 6.07) is 0.733. The van der Waals surface area contributed by atoms with Crippen molar-refractivity contribution < 1.29 is 110 Å². The molecule has 732 valence electrons. The number of likely N-dealkylation sites (N-methyl/N-ethyl adjacent to an activating group) is 3. The fourth-order valence-electron chi connectivity index (χ4n) is 16.3. The molecule has 6 heterocycles. The van der Waals surface area contributed by atoms with Crippen LogP contribution in [0, 0.1) is 5.92 Å². The fraction of sp³-hybridized carbons (Fsp3) is 0.522. The van der Waals surface area contributed by atoms with Crippen LogP contribution in [0.3, 0.4) is 0 Å². The highest BCUT2D eigenvalue weighted by Crippen LogP contribution is 2.28. The maximum absolute atomic E-state index is 15.5. The second kappa shape index (κ2) is 49.0. The first-order chi connectivity index (χ1) is 64.1. The van der Waals surface area contributed by atoms with E-state index in [1.165, 1.54) is 52.3 Å². The molecule has 0 spiro atoms. The highest BCUT2D eigenvalue weighted by atomic mass is 32.2. The number of para-hydroxylation sites is 2. The van der Waals surface area contributed by atoms with Crippen molar-refractivity contribution in [1.29, 1.82) is 0 Å². The van der Waals surface area contributed by atoms with Crippen molar-refractivity contribution in [2.24, 2.45) is 11.7 Å². The van der Waals surface area contributed by atoms with Gasteiger partial charge in [0.15, 0.2) is 6.17 Å². The molecule has 3 fully saturated rings. The largest absolute Gasteiger partial charge is 0.508 e. The van der Waals surface area contributed by atoms with Crippen LogP contribution in [-0.2, 0) is 107 Å². The van der Waals surface area contributed by atoms with E-state index in [9.17, 15) is 90.5 Å². The maximum atomic E-state index is 15.5. The van der Waals surface area contributed by atoms with Gasteiger partial charge in [-0.3, -0.25) is 90.9 Å². The average Bonchev–Trinajstić information content (AvgIpc) is 1.38. The van der Waals surface area contributed by atoms with E-state index in [2.05, 4.69) is 73.4 Å². The second-order valence-corrected chi connectivity index (χ2v) is 35.4. The minimum Gasteiger partial charge on any atom is -0.508 e. The van der Waals surface area contributed by atoms with Gasteiger partial charge in [-0.25, -0.2) is 4.98 Å². The van der Waals surface area contributed by atoms with E-state index in [0.29, 0.717) is 65.8 Å². The van der Waals surface area contributed by atoms with Crippen LogP contribution < -0.4 is 64.2 Å². The Morgan fingerprint density at radius 1 is 0.652 bits per heavy atom. The number of primary amides is 1. The van der Waals surface area contributed by atoms with Gasteiger partial charge in [-0.05, 0) is 106 Å². The van der Waals surface area contributed by atoms with E-state index in [1.807, 2.05) is 25.1 Å². The van der Waals surface area contributed by atoms with Crippen molar-refractivity contribution in [3.8, 4) is 5.75 Å². The molecule has 41 nitrogen and oxygen atoms in total. The number of aliphatic hydroxyl groups is 1. The number of hydrogen-bond acceptors (Lipinski definition) is 22. The summed E-state index contributed by atoms with van der Waals surface area (Å²) in [4.78, 5) is 273. The molecule has 0 radical (unpaired) electrons. The number of nitrogens with zero attached hydrogens (tertiary/aromatic N) is 7. The number of phenolic OH excluding ortho intramolecular Hbond substituents is 1. The minimum absolute atomic E-state index is 0.0123. The van der Waals surface area contributed by atoms with Gasteiger partial charge in [-0.2, -0.15) is 13.2 Å². The highest BCUT2D eigenvalue weighted by molar-refractivity contribution is 8.00. The van der Waals surface area contributed by atoms with Gasteiger partial charge in [0.05, 0.1) is 24.5 Å². The molecule has 6 aromatic rings. The van der Waals surface area contributed by atoms with E-state index in [4.69, 9.17) is 5.73 Å². The molecule has 3 aliphatic rings. The normalized spacial score (nSPS) is 21.5. The average molecular weight is 1910 g/mol. The topological polar surface area (TPSA) is 572 Å². The predicted molar refractivity (Wildman–Crippen MR) is 485 cm³/mol. The zero-order chi connectivity index (χ0) is 98.8.